The number of benzene rings is 1. The third kappa shape index (κ3) is 5.36. The van der Waals surface area contributed by atoms with Crippen molar-refractivity contribution in [2.24, 2.45) is 11.8 Å². The molecule has 1 fully saturated rings. The second-order valence-electron chi connectivity index (χ2n) is 8.23. The molecule has 6 nitrogen and oxygen atoms in total. The number of nitrogens with zero attached hydrogens (tertiary/aromatic N) is 3. The van der Waals surface area contributed by atoms with Gasteiger partial charge in [0.2, 0.25) is 11.8 Å². The topological polar surface area (TPSA) is 71.3 Å². The van der Waals surface area contributed by atoms with Crippen molar-refractivity contribution in [1.82, 2.24) is 15.5 Å². The summed E-state index contributed by atoms with van der Waals surface area (Å²) in [6.07, 6.45) is 3.49. The summed E-state index contributed by atoms with van der Waals surface area (Å²) in [4.78, 5) is 15.0. The maximum atomic E-state index is 12.7. The Bertz CT molecular complexity index is 819. The number of rotatable bonds is 8. The molecule has 3 rings (SSSR count). The molecule has 0 bridgehead atoms. The van der Waals surface area contributed by atoms with Crippen LogP contribution in [0.1, 0.15) is 53.9 Å². The predicted octanol–water partition coefficient (Wildman–Crippen LogP) is 5.00. The quantitative estimate of drug-likeness (QED) is 0.594. The number of hydrogen-bond acceptors (Lipinski definition) is 6. The SMILES string of the molecule is CCN(CC)c1ccc(-c2nnc(S[C@@H](C)C(=O)N[C@@H]3CCC[C@H](C)[C@@H]3C)o2)cc1. The lowest BCUT2D eigenvalue weighted by molar-refractivity contribution is -0.121. The molecule has 1 heterocycles. The van der Waals surface area contributed by atoms with Gasteiger partial charge in [-0.1, -0.05) is 38.5 Å². The number of thioether (sulfide) groups is 1. The van der Waals surface area contributed by atoms with Gasteiger partial charge in [0.15, 0.2) is 0 Å². The fraction of sp³-hybridized carbons (Fsp3) is 0.609. The summed E-state index contributed by atoms with van der Waals surface area (Å²) >= 11 is 1.31. The average molecular weight is 431 g/mol. The van der Waals surface area contributed by atoms with Crippen LogP contribution in [-0.4, -0.2) is 40.5 Å². The Labute approximate surface area is 184 Å². The van der Waals surface area contributed by atoms with Gasteiger partial charge in [0.05, 0.1) is 5.25 Å². The van der Waals surface area contributed by atoms with Crippen LogP contribution in [0.5, 0.6) is 0 Å². The molecule has 0 unspecified atom stereocenters. The number of anilines is 1. The van der Waals surface area contributed by atoms with Gasteiger partial charge in [0.25, 0.3) is 5.22 Å². The van der Waals surface area contributed by atoms with Gasteiger partial charge in [-0.2, -0.15) is 0 Å². The highest BCUT2D eigenvalue weighted by Crippen LogP contribution is 2.31. The molecule has 7 heteroatoms. The Kier molecular flexibility index (Phi) is 7.81. The molecular formula is C23H34N4O2S. The van der Waals surface area contributed by atoms with Crippen LogP contribution in [-0.2, 0) is 4.79 Å². The van der Waals surface area contributed by atoms with Crippen LogP contribution in [0, 0.1) is 11.8 Å². The van der Waals surface area contributed by atoms with Crippen LogP contribution in [0.25, 0.3) is 11.5 Å². The lowest BCUT2D eigenvalue weighted by Crippen LogP contribution is -2.46. The van der Waals surface area contributed by atoms with E-state index in [0.29, 0.717) is 22.9 Å². The van der Waals surface area contributed by atoms with E-state index in [1.807, 2.05) is 19.1 Å². The molecule has 4 atom stereocenters. The molecule has 2 aromatic rings. The first-order chi connectivity index (χ1) is 14.4. The molecule has 1 aromatic heterocycles. The monoisotopic (exact) mass is 430 g/mol. The first-order valence-electron chi connectivity index (χ1n) is 11.1. The highest BCUT2D eigenvalue weighted by atomic mass is 32.2. The average Bonchev–Trinajstić information content (AvgIpc) is 3.21. The Morgan fingerprint density at radius 2 is 1.90 bits per heavy atom. The Morgan fingerprint density at radius 3 is 2.57 bits per heavy atom. The van der Waals surface area contributed by atoms with Crippen molar-refractivity contribution in [3.8, 4) is 11.5 Å². The molecule has 0 saturated heterocycles. The summed E-state index contributed by atoms with van der Waals surface area (Å²) in [5.41, 5.74) is 2.06. The molecule has 0 aliphatic heterocycles. The smallest absolute Gasteiger partial charge is 0.277 e. The zero-order chi connectivity index (χ0) is 21.7. The van der Waals surface area contributed by atoms with Gasteiger partial charge in [-0.05, 0) is 63.3 Å². The maximum Gasteiger partial charge on any atom is 0.277 e. The van der Waals surface area contributed by atoms with Crippen molar-refractivity contribution in [2.75, 3.05) is 18.0 Å². The summed E-state index contributed by atoms with van der Waals surface area (Å²) < 4.78 is 5.82. The van der Waals surface area contributed by atoms with Gasteiger partial charge < -0.3 is 14.6 Å². The van der Waals surface area contributed by atoms with E-state index in [2.05, 4.69) is 60.2 Å². The minimum Gasteiger partial charge on any atom is -0.411 e. The van der Waals surface area contributed by atoms with Crippen LogP contribution in [0.3, 0.4) is 0 Å². The van der Waals surface area contributed by atoms with Crippen LogP contribution in [0.4, 0.5) is 5.69 Å². The van der Waals surface area contributed by atoms with Crippen LogP contribution in [0.15, 0.2) is 33.9 Å². The zero-order valence-corrected chi connectivity index (χ0v) is 19.5. The normalized spacial score (nSPS) is 22.5. The Balaban J connectivity index is 1.58. The largest absolute Gasteiger partial charge is 0.411 e. The van der Waals surface area contributed by atoms with Gasteiger partial charge in [0.1, 0.15) is 0 Å². The van der Waals surface area contributed by atoms with E-state index in [-0.39, 0.29) is 17.2 Å². The van der Waals surface area contributed by atoms with Crippen molar-refractivity contribution in [2.45, 2.75) is 70.4 Å². The van der Waals surface area contributed by atoms with E-state index in [1.165, 1.54) is 30.3 Å². The predicted molar refractivity (Wildman–Crippen MR) is 123 cm³/mol. The first-order valence-corrected chi connectivity index (χ1v) is 12.0. The van der Waals surface area contributed by atoms with Crippen molar-refractivity contribution < 1.29 is 9.21 Å². The first kappa shape index (κ1) is 22.7. The highest BCUT2D eigenvalue weighted by Gasteiger charge is 2.30. The maximum absolute atomic E-state index is 12.7. The highest BCUT2D eigenvalue weighted by molar-refractivity contribution is 8.00. The molecule has 1 aliphatic carbocycles. The van der Waals surface area contributed by atoms with Gasteiger partial charge >= 0.3 is 0 Å². The van der Waals surface area contributed by atoms with Crippen molar-refractivity contribution in [3.05, 3.63) is 24.3 Å². The van der Waals surface area contributed by atoms with E-state index in [9.17, 15) is 4.79 Å². The van der Waals surface area contributed by atoms with Crippen molar-refractivity contribution in [1.29, 1.82) is 0 Å². The summed E-state index contributed by atoms with van der Waals surface area (Å²) in [6, 6.07) is 8.39. The number of amides is 1. The molecule has 1 amide bonds. The molecule has 0 spiro atoms. The fourth-order valence-corrected chi connectivity index (χ4v) is 4.76. The summed E-state index contributed by atoms with van der Waals surface area (Å²) in [5.74, 6) is 1.67. The molecule has 1 saturated carbocycles. The minimum absolute atomic E-state index is 0.0364. The Morgan fingerprint density at radius 1 is 1.20 bits per heavy atom. The van der Waals surface area contributed by atoms with Crippen molar-refractivity contribution in [3.63, 3.8) is 0 Å². The van der Waals surface area contributed by atoms with E-state index < -0.39 is 0 Å². The van der Waals surface area contributed by atoms with Gasteiger partial charge in [-0.15, -0.1) is 10.2 Å². The fourth-order valence-electron chi connectivity index (χ4n) is 4.07. The molecule has 30 heavy (non-hydrogen) atoms. The summed E-state index contributed by atoms with van der Waals surface area (Å²) in [7, 11) is 0. The molecule has 1 aliphatic rings. The summed E-state index contributed by atoms with van der Waals surface area (Å²) in [5, 5.41) is 11.7. The number of hydrogen-bond donors (Lipinski definition) is 1. The molecule has 164 valence electrons. The van der Waals surface area contributed by atoms with E-state index in [4.69, 9.17) is 4.42 Å². The van der Waals surface area contributed by atoms with E-state index in [0.717, 1.165) is 25.1 Å². The molecule has 0 radical (unpaired) electrons. The van der Waals surface area contributed by atoms with Gasteiger partial charge in [0, 0.05) is 30.4 Å². The number of carbonyl (C=O) groups excluding carboxylic acids is 1. The van der Waals surface area contributed by atoms with Gasteiger partial charge in [-0.25, -0.2) is 0 Å². The third-order valence-corrected chi connectivity index (χ3v) is 7.26. The van der Waals surface area contributed by atoms with Crippen LogP contribution < -0.4 is 10.2 Å². The molecule has 1 N–H and O–H groups in total. The standard InChI is InChI=1S/C23H34N4O2S/c1-6-27(7-2)19-13-11-18(12-14-19)22-25-26-23(29-22)30-17(5)21(28)24-20-10-8-9-15(3)16(20)4/h11-17,20H,6-10H2,1-5H3,(H,24,28)/t15-,16-,17-,20+/m0/s1. The zero-order valence-electron chi connectivity index (χ0n) is 18.7. The second kappa shape index (κ2) is 10.3. The number of aromatic nitrogens is 2. The second-order valence-corrected chi connectivity index (χ2v) is 9.53. The van der Waals surface area contributed by atoms with E-state index >= 15 is 0 Å². The van der Waals surface area contributed by atoms with Crippen molar-refractivity contribution >= 4 is 23.4 Å². The Hall–Kier alpha value is -2.02. The van der Waals surface area contributed by atoms with Crippen LogP contribution >= 0.6 is 11.8 Å². The summed E-state index contributed by atoms with van der Waals surface area (Å²) in [6.45, 7) is 12.6. The lowest BCUT2D eigenvalue weighted by atomic mass is 9.78. The third-order valence-electron chi connectivity index (χ3n) is 6.33. The lowest BCUT2D eigenvalue weighted by Gasteiger charge is -2.35. The molecular weight excluding hydrogens is 396 g/mol. The molecule has 1 aromatic carbocycles. The number of carbonyl (C=O) groups is 1. The number of nitrogens with one attached hydrogen (secondary N) is 1. The minimum atomic E-state index is -0.284. The van der Waals surface area contributed by atoms with Gasteiger partial charge in [-0.3, -0.25) is 4.79 Å². The van der Waals surface area contributed by atoms with Crippen LogP contribution in [0.2, 0.25) is 0 Å². The van der Waals surface area contributed by atoms with E-state index in [1.54, 1.807) is 0 Å².